The topological polar surface area (TPSA) is 94.2 Å². The predicted molar refractivity (Wildman–Crippen MR) is 116 cm³/mol. The maximum absolute atomic E-state index is 12.6. The molecule has 2 aromatic carbocycles. The molecule has 1 fully saturated rings. The van der Waals surface area contributed by atoms with Crippen molar-refractivity contribution >= 4 is 27.5 Å². The molecule has 168 valence electrons. The molecule has 0 bridgehead atoms. The predicted octanol–water partition coefficient (Wildman–Crippen LogP) is 2.24. The number of rotatable bonds is 9. The van der Waals surface area contributed by atoms with Gasteiger partial charge in [-0.3, -0.25) is 4.79 Å². The number of ether oxygens (including phenoxy) is 3. The molecule has 1 amide bonds. The van der Waals surface area contributed by atoms with Gasteiger partial charge >= 0.3 is 0 Å². The molecule has 0 unspecified atom stereocenters. The number of amides is 1. The third-order valence-electron chi connectivity index (χ3n) is 4.62. The summed E-state index contributed by atoms with van der Waals surface area (Å²) in [6.45, 7) is 3.76. The minimum atomic E-state index is -3.53. The first-order valence-corrected chi connectivity index (χ1v) is 11.6. The van der Waals surface area contributed by atoms with E-state index in [1.54, 1.807) is 30.3 Å². The molecule has 31 heavy (non-hydrogen) atoms. The van der Waals surface area contributed by atoms with Crippen molar-refractivity contribution in [3.63, 3.8) is 0 Å². The van der Waals surface area contributed by atoms with Crippen LogP contribution in [0.3, 0.4) is 0 Å². The maximum atomic E-state index is 12.6. The standard InChI is InChI=1S/C21H25ClN2O6S/c1-16-14-18(4-7-20(16)22)30-15-21(25)23-8-11-29-17-2-5-19(6-3-17)31(26,27)24-9-12-28-13-10-24/h2-7,14H,8-13,15H2,1H3,(H,23,25). The lowest BCUT2D eigenvalue weighted by Gasteiger charge is -2.26. The summed E-state index contributed by atoms with van der Waals surface area (Å²) in [5.41, 5.74) is 0.872. The highest BCUT2D eigenvalue weighted by atomic mass is 35.5. The van der Waals surface area contributed by atoms with Crippen LogP contribution in [0.5, 0.6) is 11.5 Å². The van der Waals surface area contributed by atoms with Gasteiger partial charge in [-0.15, -0.1) is 0 Å². The molecule has 0 saturated carbocycles. The number of benzene rings is 2. The van der Waals surface area contributed by atoms with E-state index >= 15 is 0 Å². The molecule has 2 aromatic rings. The van der Waals surface area contributed by atoms with Gasteiger partial charge in [-0.1, -0.05) is 11.6 Å². The van der Waals surface area contributed by atoms with Crippen molar-refractivity contribution in [3.8, 4) is 11.5 Å². The first-order valence-electron chi connectivity index (χ1n) is 9.83. The number of hydrogen-bond acceptors (Lipinski definition) is 6. The van der Waals surface area contributed by atoms with Crippen molar-refractivity contribution in [1.29, 1.82) is 0 Å². The van der Waals surface area contributed by atoms with E-state index in [1.807, 2.05) is 6.92 Å². The fourth-order valence-corrected chi connectivity index (χ4v) is 4.44. The second-order valence-corrected chi connectivity index (χ2v) is 9.23. The van der Waals surface area contributed by atoms with Crippen molar-refractivity contribution in [2.24, 2.45) is 0 Å². The van der Waals surface area contributed by atoms with Crippen LogP contribution in [0.2, 0.25) is 5.02 Å². The summed E-state index contributed by atoms with van der Waals surface area (Å²) in [4.78, 5) is 12.1. The largest absolute Gasteiger partial charge is 0.492 e. The molecule has 0 aromatic heterocycles. The maximum Gasteiger partial charge on any atom is 0.258 e. The van der Waals surface area contributed by atoms with Crippen LogP contribution in [0.25, 0.3) is 0 Å². The molecule has 1 N–H and O–H groups in total. The summed E-state index contributed by atoms with van der Waals surface area (Å²) in [6, 6.07) is 11.4. The number of hydrogen-bond donors (Lipinski definition) is 1. The Balaban J connectivity index is 1.39. The number of carbonyl (C=O) groups excluding carboxylic acids is 1. The van der Waals surface area contributed by atoms with Crippen molar-refractivity contribution in [2.45, 2.75) is 11.8 Å². The lowest BCUT2D eigenvalue weighted by Crippen LogP contribution is -2.40. The van der Waals surface area contributed by atoms with Crippen molar-refractivity contribution < 1.29 is 27.4 Å². The minimum absolute atomic E-state index is 0.116. The van der Waals surface area contributed by atoms with E-state index in [9.17, 15) is 13.2 Å². The van der Waals surface area contributed by atoms with E-state index < -0.39 is 10.0 Å². The summed E-state index contributed by atoms with van der Waals surface area (Å²) < 4.78 is 42.8. The van der Waals surface area contributed by atoms with Crippen LogP contribution in [0.15, 0.2) is 47.4 Å². The van der Waals surface area contributed by atoms with Crippen LogP contribution in [0, 0.1) is 6.92 Å². The molecular formula is C21H25ClN2O6S. The smallest absolute Gasteiger partial charge is 0.258 e. The molecule has 0 spiro atoms. The van der Waals surface area contributed by atoms with Crippen molar-refractivity contribution in [2.75, 3.05) is 46.1 Å². The highest BCUT2D eigenvalue weighted by molar-refractivity contribution is 7.89. The Morgan fingerprint density at radius 2 is 1.77 bits per heavy atom. The molecule has 1 heterocycles. The average molecular weight is 469 g/mol. The van der Waals surface area contributed by atoms with Crippen LogP contribution in [0.1, 0.15) is 5.56 Å². The number of aryl methyl sites for hydroxylation is 1. The summed E-state index contributed by atoms with van der Waals surface area (Å²) in [5.74, 6) is 0.812. The van der Waals surface area contributed by atoms with Gasteiger partial charge in [0, 0.05) is 18.1 Å². The molecule has 1 saturated heterocycles. The van der Waals surface area contributed by atoms with Gasteiger partial charge in [0.1, 0.15) is 18.1 Å². The number of carbonyl (C=O) groups is 1. The van der Waals surface area contributed by atoms with Gasteiger partial charge in [-0.2, -0.15) is 4.31 Å². The molecule has 3 rings (SSSR count). The van der Waals surface area contributed by atoms with Crippen LogP contribution < -0.4 is 14.8 Å². The van der Waals surface area contributed by atoms with Gasteiger partial charge in [0.25, 0.3) is 5.91 Å². The number of sulfonamides is 1. The van der Waals surface area contributed by atoms with E-state index in [1.165, 1.54) is 16.4 Å². The van der Waals surface area contributed by atoms with Gasteiger partial charge in [0.05, 0.1) is 24.7 Å². The highest BCUT2D eigenvalue weighted by Crippen LogP contribution is 2.21. The number of nitrogens with zero attached hydrogens (tertiary/aromatic N) is 1. The number of nitrogens with one attached hydrogen (secondary N) is 1. The third-order valence-corrected chi connectivity index (χ3v) is 6.96. The highest BCUT2D eigenvalue weighted by Gasteiger charge is 2.26. The quantitative estimate of drug-likeness (QED) is 0.567. The van der Waals surface area contributed by atoms with Crippen LogP contribution in [0.4, 0.5) is 0 Å². The summed E-state index contributed by atoms with van der Waals surface area (Å²) in [7, 11) is -3.53. The first kappa shape index (κ1) is 23.3. The Morgan fingerprint density at radius 1 is 1.10 bits per heavy atom. The number of halogens is 1. The molecular weight excluding hydrogens is 444 g/mol. The third kappa shape index (κ3) is 6.57. The Labute approximate surface area is 187 Å². The van der Waals surface area contributed by atoms with Gasteiger partial charge in [-0.25, -0.2) is 8.42 Å². The van der Waals surface area contributed by atoms with Crippen molar-refractivity contribution in [1.82, 2.24) is 9.62 Å². The zero-order chi connectivity index (χ0) is 22.3. The lowest BCUT2D eigenvalue weighted by atomic mass is 10.2. The molecule has 0 radical (unpaired) electrons. The fourth-order valence-electron chi connectivity index (χ4n) is 2.91. The van der Waals surface area contributed by atoms with Crippen LogP contribution in [-0.2, 0) is 19.6 Å². The molecule has 1 aliphatic heterocycles. The summed E-state index contributed by atoms with van der Waals surface area (Å²) >= 11 is 5.96. The van der Waals surface area contributed by atoms with Gasteiger partial charge < -0.3 is 19.5 Å². The first-order chi connectivity index (χ1) is 14.9. The molecule has 1 aliphatic rings. The van der Waals surface area contributed by atoms with Gasteiger partial charge in [-0.05, 0) is 55.0 Å². The van der Waals surface area contributed by atoms with E-state index in [2.05, 4.69) is 5.32 Å². The second kappa shape index (κ2) is 10.8. The zero-order valence-electron chi connectivity index (χ0n) is 17.2. The van der Waals surface area contributed by atoms with Crippen molar-refractivity contribution in [3.05, 3.63) is 53.1 Å². The SMILES string of the molecule is Cc1cc(OCC(=O)NCCOc2ccc(S(=O)(=O)N3CCOCC3)cc2)ccc1Cl. The molecule has 10 heteroatoms. The monoisotopic (exact) mass is 468 g/mol. The summed E-state index contributed by atoms with van der Waals surface area (Å²) in [6.07, 6.45) is 0. The molecule has 0 atom stereocenters. The average Bonchev–Trinajstić information content (AvgIpc) is 2.78. The van der Waals surface area contributed by atoms with E-state index in [-0.39, 0.29) is 30.6 Å². The zero-order valence-corrected chi connectivity index (χ0v) is 18.7. The fraction of sp³-hybridized carbons (Fsp3) is 0.381. The van der Waals surface area contributed by atoms with Gasteiger partial charge in [0.15, 0.2) is 6.61 Å². The Morgan fingerprint density at radius 3 is 2.45 bits per heavy atom. The number of morpholine rings is 1. The minimum Gasteiger partial charge on any atom is -0.492 e. The van der Waals surface area contributed by atoms with E-state index in [4.69, 9.17) is 25.8 Å². The van der Waals surface area contributed by atoms with Gasteiger partial charge in [0.2, 0.25) is 10.0 Å². The normalized spacial score (nSPS) is 14.8. The van der Waals surface area contributed by atoms with Crippen LogP contribution in [-0.4, -0.2) is 64.7 Å². The molecule has 8 nitrogen and oxygen atoms in total. The van der Waals surface area contributed by atoms with Crippen LogP contribution >= 0.6 is 11.6 Å². The van der Waals surface area contributed by atoms with E-state index in [0.29, 0.717) is 42.8 Å². The summed E-state index contributed by atoms with van der Waals surface area (Å²) in [5, 5.41) is 3.34. The Bertz CT molecular complexity index is 991. The second-order valence-electron chi connectivity index (χ2n) is 6.89. The Hall–Kier alpha value is -2.33. The Kier molecular flexibility index (Phi) is 8.14. The van der Waals surface area contributed by atoms with E-state index in [0.717, 1.165) is 5.56 Å². The lowest BCUT2D eigenvalue weighted by molar-refractivity contribution is -0.123. The molecule has 0 aliphatic carbocycles.